The van der Waals surface area contributed by atoms with Crippen LogP contribution in [0.5, 0.6) is 0 Å². The van der Waals surface area contributed by atoms with Crippen LogP contribution in [0.3, 0.4) is 0 Å². The van der Waals surface area contributed by atoms with Crippen molar-refractivity contribution >= 4 is 5.78 Å². The van der Waals surface area contributed by atoms with Crippen LogP contribution in [0.2, 0.25) is 0 Å². The molecule has 0 bridgehead atoms. The van der Waals surface area contributed by atoms with E-state index >= 15 is 0 Å². The lowest BCUT2D eigenvalue weighted by atomic mass is 9.46. The fraction of sp³-hybridized carbons (Fsp3) is 0.962. The Labute approximate surface area is 181 Å². The Morgan fingerprint density at radius 1 is 1.03 bits per heavy atom. The average molecular weight is 417 g/mol. The van der Waals surface area contributed by atoms with Crippen molar-refractivity contribution in [2.24, 2.45) is 52.8 Å². The second kappa shape index (κ2) is 6.78. The van der Waals surface area contributed by atoms with Crippen LogP contribution in [0, 0.1) is 52.8 Å². The summed E-state index contributed by atoms with van der Waals surface area (Å²) in [6.45, 7) is 7.81. The van der Waals surface area contributed by atoms with E-state index in [1.54, 1.807) is 0 Å². The molecule has 4 heteroatoms. The lowest BCUT2D eigenvalue weighted by Gasteiger charge is -2.58. The van der Waals surface area contributed by atoms with Gasteiger partial charge in [-0.05, 0) is 80.0 Å². The number of aliphatic hydroxyl groups is 1. The molecule has 1 spiro atoms. The lowest BCUT2D eigenvalue weighted by molar-refractivity contribution is -0.271. The topological polar surface area (TPSA) is 55.8 Å². The fourth-order valence-corrected chi connectivity index (χ4v) is 9.40. The molecule has 0 amide bonds. The van der Waals surface area contributed by atoms with Crippen LogP contribution < -0.4 is 0 Å². The van der Waals surface area contributed by atoms with E-state index in [9.17, 15) is 9.90 Å². The maximum absolute atomic E-state index is 13.7. The minimum atomic E-state index is -0.424. The molecular weight excluding hydrogens is 376 g/mol. The van der Waals surface area contributed by atoms with Crippen LogP contribution in [0.1, 0.15) is 78.6 Å². The minimum Gasteiger partial charge on any atom is -0.393 e. The second-order valence-corrected chi connectivity index (χ2v) is 12.4. The van der Waals surface area contributed by atoms with E-state index in [1.807, 2.05) is 0 Å². The molecule has 4 nitrogen and oxygen atoms in total. The van der Waals surface area contributed by atoms with Crippen molar-refractivity contribution in [3.8, 4) is 0 Å². The Morgan fingerprint density at radius 2 is 1.87 bits per heavy atom. The van der Waals surface area contributed by atoms with Gasteiger partial charge in [0.05, 0.1) is 18.8 Å². The number of Topliss-reactive ketones (excluding diaryl/α,β-unsaturated/α-hetero) is 1. The zero-order valence-corrected chi connectivity index (χ0v) is 19.0. The quantitative estimate of drug-likeness (QED) is 0.628. The Balaban J connectivity index is 1.26. The van der Waals surface area contributed by atoms with E-state index in [1.165, 1.54) is 19.3 Å². The predicted octanol–water partition coefficient (Wildman–Crippen LogP) is 4.58. The summed E-state index contributed by atoms with van der Waals surface area (Å²) in [6, 6.07) is 0. The van der Waals surface area contributed by atoms with Gasteiger partial charge in [-0.3, -0.25) is 4.79 Å². The Bertz CT molecular complexity index is 712. The van der Waals surface area contributed by atoms with E-state index in [2.05, 4.69) is 20.8 Å². The monoisotopic (exact) mass is 416 g/mol. The number of hydrogen-bond donors (Lipinski definition) is 1. The number of ether oxygens (including phenoxy) is 2. The van der Waals surface area contributed by atoms with Gasteiger partial charge in [-0.1, -0.05) is 20.8 Å². The molecule has 168 valence electrons. The zero-order valence-electron chi connectivity index (χ0n) is 19.0. The first-order valence-corrected chi connectivity index (χ1v) is 12.8. The molecule has 6 rings (SSSR count). The molecule has 12 atom stereocenters. The summed E-state index contributed by atoms with van der Waals surface area (Å²) in [5, 5.41) is 10.2. The standard InChI is InChI=1S/C26H40O4/c1-14-6-9-26(29-13-14)15(2)23-22(30-26)11-19-18-5-4-16-10-17(27)7-8-25(16,3)20(18)12-21(28)24(19)23/h14-20,22-24,27H,4-13H2,1-3H3/t14-,15+,16+,17+,18+,19+,20+,22+,23+,24?,25+,26-/m1/s1. The lowest BCUT2D eigenvalue weighted by Crippen LogP contribution is -2.54. The summed E-state index contributed by atoms with van der Waals surface area (Å²) in [5.41, 5.74) is 0.247. The van der Waals surface area contributed by atoms with E-state index in [-0.39, 0.29) is 23.5 Å². The van der Waals surface area contributed by atoms with Gasteiger partial charge in [0.15, 0.2) is 5.79 Å². The predicted molar refractivity (Wildman–Crippen MR) is 113 cm³/mol. The molecule has 30 heavy (non-hydrogen) atoms. The molecule has 6 aliphatic rings. The average Bonchev–Trinajstić information content (AvgIpc) is 3.21. The van der Waals surface area contributed by atoms with Crippen LogP contribution >= 0.6 is 0 Å². The van der Waals surface area contributed by atoms with Crippen LogP contribution in [0.4, 0.5) is 0 Å². The molecule has 0 aromatic rings. The van der Waals surface area contributed by atoms with Gasteiger partial charge in [0, 0.05) is 30.6 Å². The third kappa shape index (κ3) is 2.65. The number of carbonyl (C=O) groups excluding carboxylic acids is 1. The molecule has 2 heterocycles. The van der Waals surface area contributed by atoms with E-state index in [4.69, 9.17) is 9.47 Å². The number of rotatable bonds is 0. The van der Waals surface area contributed by atoms with E-state index < -0.39 is 5.79 Å². The number of fused-ring (bicyclic) bond motifs is 7. The third-order valence-corrected chi connectivity index (χ3v) is 11.1. The maximum atomic E-state index is 13.7. The van der Waals surface area contributed by atoms with Crippen molar-refractivity contribution in [2.75, 3.05) is 6.61 Å². The smallest absolute Gasteiger partial charge is 0.171 e. The number of ketones is 1. The minimum absolute atomic E-state index is 0.124. The van der Waals surface area contributed by atoms with Crippen molar-refractivity contribution < 1.29 is 19.4 Å². The van der Waals surface area contributed by atoms with Crippen molar-refractivity contribution in [1.29, 1.82) is 0 Å². The van der Waals surface area contributed by atoms with Crippen molar-refractivity contribution in [3.05, 3.63) is 0 Å². The normalized spacial score (nSPS) is 60.1. The Hall–Kier alpha value is -0.450. The first-order chi connectivity index (χ1) is 14.3. The highest BCUT2D eigenvalue weighted by Crippen LogP contribution is 2.66. The van der Waals surface area contributed by atoms with Gasteiger partial charge < -0.3 is 14.6 Å². The number of carbonyl (C=O) groups is 1. The van der Waals surface area contributed by atoms with Gasteiger partial charge in [-0.2, -0.15) is 0 Å². The van der Waals surface area contributed by atoms with Crippen molar-refractivity contribution in [1.82, 2.24) is 0 Å². The highest BCUT2D eigenvalue weighted by molar-refractivity contribution is 5.83. The van der Waals surface area contributed by atoms with Crippen LogP contribution in [0.25, 0.3) is 0 Å². The number of hydrogen-bond acceptors (Lipinski definition) is 4. The zero-order chi connectivity index (χ0) is 20.8. The van der Waals surface area contributed by atoms with Crippen LogP contribution in [0.15, 0.2) is 0 Å². The molecule has 6 fully saturated rings. The van der Waals surface area contributed by atoms with Gasteiger partial charge in [-0.25, -0.2) is 0 Å². The largest absolute Gasteiger partial charge is 0.393 e. The summed E-state index contributed by atoms with van der Waals surface area (Å²) < 4.78 is 13.1. The first kappa shape index (κ1) is 20.2. The summed E-state index contributed by atoms with van der Waals surface area (Å²) in [5.74, 6) is 3.90. The highest BCUT2D eigenvalue weighted by Gasteiger charge is 2.67. The van der Waals surface area contributed by atoms with Gasteiger partial charge >= 0.3 is 0 Å². The molecule has 0 aromatic carbocycles. The van der Waals surface area contributed by atoms with Gasteiger partial charge in [0.2, 0.25) is 0 Å². The van der Waals surface area contributed by atoms with Gasteiger partial charge in [0.25, 0.3) is 0 Å². The highest BCUT2D eigenvalue weighted by atomic mass is 16.7. The van der Waals surface area contributed by atoms with E-state index in [0.717, 1.165) is 45.1 Å². The first-order valence-electron chi connectivity index (χ1n) is 12.8. The summed E-state index contributed by atoms with van der Waals surface area (Å²) >= 11 is 0. The molecule has 1 N–H and O–H groups in total. The molecule has 2 saturated heterocycles. The molecule has 2 aliphatic heterocycles. The van der Waals surface area contributed by atoms with Crippen molar-refractivity contribution in [3.63, 3.8) is 0 Å². The SMILES string of the molecule is C[C@@H]1CC[C@@]2(OC1)O[C@H]1C[C@@H]3C(C(=O)C[C@H]4[C@H]3CC[C@H]3C[C@@H](O)CC[C@@]34C)[C@H]1[C@@H]2C. The van der Waals surface area contributed by atoms with Crippen LogP contribution in [-0.2, 0) is 14.3 Å². The third-order valence-electron chi connectivity index (χ3n) is 11.1. The summed E-state index contributed by atoms with van der Waals surface area (Å²) in [6.07, 6.45) is 9.54. The summed E-state index contributed by atoms with van der Waals surface area (Å²) in [7, 11) is 0. The molecule has 0 radical (unpaired) electrons. The van der Waals surface area contributed by atoms with Gasteiger partial charge in [-0.15, -0.1) is 0 Å². The molecule has 1 unspecified atom stereocenters. The fourth-order valence-electron chi connectivity index (χ4n) is 9.40. The van der Waals surface area contributed by atoms with Crippen LogP contribution in [-0.4, -0.2) is 35.5 Å². The second-order valence-electron chi connectivity index (χ2n) is 12.4. The van der Waals surface area contributed by atoms with E-state index in [0.29, 0.717) is 47.2 Å². The van der Waals surface area contributed by atoms with Gasteiger partial charge in [0.1, 0.15) is 5.78 Å². The maximum Gasteiger partial charge on any atom is 0.171 e. The molecule has 4 aliphatic carbocycles. The Morgan fingerprint density at radius 3 is 2.63 bits per heavy atom. The number of aliphatic hydroxyl groups excluding tert-OH is 1. The summed E-state index contributed by atoms with van der Waals surface area (Å²) in [4.78, 5) is 13.7. The molecular formula is C26H40O4. The molecule has 0 aromatic heterocycles. The van der Waals surface area contributed by atoms with Crippen molar-refractivity contribution in [2.45, 2.75) is 96.6 Å². The molecule has 4 saturated carbocycles. The Kier molecular flexibility index (Phi) is 4.56.